The van der Waals surface area contributed by atoms with Crippen molar-refractivity contribution in [3.05, 3.63) is 210 Å². The SMILES string of the molecule is C1=C(P(c2ccccc2)c2ccccc2)CC(c2cccc3ccccc23)(P(c2ccccc2)c2ccccc2)c2ccccc21. The molecular weight excluding hydrogens is 590 g/mol. The number of allylic oxidation sites excluding steroid dienone is 1. The van der Waals surface area contributed by atoms with Gasteiger partial charge in [0.2, 0.25) is 0 Å². The molecule has 0 saturated heterocycles. The van der Waals surface area contributed by atoms with Crippen LogP contribution in [0.4, 0.5) is 0 Å². The van der Waals surface area contributed by atoms with Crippen molar-refractivity contribution in [1.82, 2.24) is 0 Å². The predicted molar refractivity (Wildman–Crippen MR) is 202 cm³/mol. The Morgan fingerprint density at radius 2 is 0.848 bits per heavy atom. The van der Waals surface area contributed by atoms with E-state index in [1.165, 1.54) is 54.0 Å². The molecule has 0 amide bonds. The molecule has 46 heavy (non-hydrogen) atoms. The molecule has 0 N–H and O–H groups in total. The van der Waals surface area contributed by atoms with Gasteiger partial charge in [-0.05, 0) is 76.3 Å². The summed E-state index contributed by atoms with van der Waals surface area (Å²) in [5.74, 6) is 0. The molecular formula is C44H34P2. The van der Waals surface area contributed by atoms with Crippen LogP contribution in [0, 0.1) is 0 Å². The van der Waals surface area contributed by atoms with E-state index in [4.69, 9.17) is 0 Å². The van der Waals surface area contributed by atoms with Gasteiger partial charge in [-0.1, -0.05) is 194 Å². The van der Waals surface area contributed by atoms with E-state index in [2.05, 4.69) is 194 Å². The van der Waals surface area contributed by atoms with Crippen molar-refractivity contribution >= 4 is 53.9 Å². The summed E-state index contributed by atoms with van der Waals surface area (Å²) < 4.78 is 0. The number of hydrogen-bond donors (Lipinski definition) is 0. The average molecular weight is 625 g/mol. The minimum Gasteiger partial charge on any atom is -0.0622 e. The first kappa shape index (κ1) is 28.8. The van der Waals surface area contributed by atoms with Crippen LogP contribution in [0.5, 0.6) is 0 Å². The number of rotatable bonds is 7. The Hall–Kier alpha value is -4.60. The topological polar surface area (TPSA) is 0 Å². The third kappa shape index (κ3) is 5.13. The molecule has 0 aromatic heterocycles. The van der Waals surface area contributed by atoms with E-state index >= 15 is 0 Å². The average Bonchev–Trinajstić information content (AvgIpc) is 3.13. The van der Waals surface area contributed by atoms with Crippen LogP contribution in [0.25, 0.3) is 16.8 Å². The zero-order valence-electron chi connectivity index (χ0n) is 25.6. The maximum atomic E-state index is 2.54. The van der Waals surface area contributed by atoms with E-state index in [0.717, 1.165) is 6.42 Å². The van der Waals surface area contributed by atoms with Crippen molar-refractivity contribution in [2.75, 3.05) is 0 Å². The number of fused-ring (bicyclic) bond motifs is 2. The summed E-state index contributed by atoms with van der Waals surface area (Å²) >= 11 is 0. The Morgan fingerprint density at radius 1 is 0.391 bits per heavy atom. The minimum atomic E-state index is -0.909. The van der Waals surface area contributed by atoms with Crippen molar-refractivity contribution in [3.8, 4) is 0 Å². The lowest BCUT2D eigenvalue weighted by molar-refractivity contribution is 0.736. The Kier molecular flexibility index (Phi) is 7.93. The van der Waals surface area contributed by atoms with Crippen LogP contribution in [0.3, 0.4) is 0 Å². The van der Waals surface area contributed by atoms with Gasteiger partial charge in [0.25, 0.3) is 0 Å². The van der Waals surface area contributed by atoms with Gasteiger partial charge in [-0.3, -0.25) is 0 Å². The van der Waals surface area contributed by atoms with Gasteiger partial charge in [0, 0.05) is 0 Å². The van der Waals surface area contributed by atoms with Gasteiger partial charge in [-0.2, -0.15) is 0 Å². The molecule has 1 aliphatic rings. The highest BCUT2D eigenvalue weighted by Gasteiger charge is 2.48. The number of hydrogen-bond acceptors (Lipinski definition) is 0. The molecule has 2 heteroatoms. The first-order valence-electron chi connectivity index (χ1n) is 15.9. The summed E-state index contributed by atoms with van der Waals surface area (Å²) in [5, 5.41) is 9.41. The van der Waals surface area contributed by atoms with Gasteiger partial charge in [-0.25, -0.2) is 0 Å². The standard InChI is InChI=1S/C44H34P2/c1-5-21-36(22-6-1)45(37-23-7-2-8-24-37)40-32-35-19-14-16-30-42(35)44(33-40,43-31-17-20-34-18-13-15-29-41(34)43)46(38-25-9-3-10-26-38)39-27-11-4-12-28-39/h1-32H,33H2. The van der Waals surface area contributed by atoms with Crippen LogP contribution >= 0.6 is 15.8 Å². The van der Waals surface area contributed by atoms with Gasteiger partial charge >= 0.3 is 0 Å². The molecule has 0 aliphatic heterocycles. The molecule has 1 unspecified atom stereocenters. The van der Waals surface area contributed by atoms with Crippen LogP contribution in [-0.2, 0) is 5.16 Å². The van der Waals surface area contributed by atoms with Crippen LogP contribution < -0.4 is 21.2 Å². The van der Waals surface area contributed by atoms with Gasteiger partial charge in [0.1, 0.15) is 0 Å². The lowest BCUT2D eigenvalue weighted by Gasteiger charge is -2.47. The summed E-state index contributed by atoms with van der Waals surface area (Å²) in [5.41, 5.74) is 4.17. The lowest BCUT2D eigenvalue weighted by Crippen LogP contribution is -2.37. The maximum Gasteiger partial charge on any atom is 0.0535 e. The highest BCUT2D eigenvalue weighted by Crippen LogP contribution is 2.67. The molecule has 7 aromatic carbocycles. The summed E-state index contributed by atoms with van der Waals surface area (Å²) in [6, 6.07) is 70.2. The first-order valence-corrected chi connectivity index (χ1v) is 18.6. The fourth-order valence-corrected chi connectivity index (χ4v) is 13.3. The molecule has 1 aliphatic carbocycles. The zero-order valence-corrected chi connectivity index (χ0v) is 27.4. The molecule has 0 spiro atoms. The van der Waals surface area contributed by atoms with Crippen molar-refractivity contribution < 1.29 is 0 Å². The Balaban J connectivity index is 1.49. The largest absolute Gasteiger partial charge is 0.0622 e. The van der Waals surface area contributed by atoms with E-state index in [1.807, 2.05) is 0 Å². The fourth-order valence-electron chi connectivity index (χ4n) is 7.26. The molecule has 1 atom stereocenters. The van der Waals surface area contributed by atoms with Crippen molar-refractivity contribution in [1.29, 1.82) is 0 Å². The van der Waals surface area contributed by atoms with Crippen molar-refractivity contribution in [2.45, 2.75) is 11.6 Å². The van der Waals surface area contributed by atoms with Crippen molar-refractivity contribution in [3.63, 3.8) is 0 Å². The number of benzene rings is 7. The van der Waals surface area contributed by atoms with Crippen LogP contribution in [0.15, 0.2) is 193 Å². The predicted octanol–water partition coefficient (Wildman–Crippen LogP) is 10.1. The molecule has 0 nitrogen and oxygen atoms in total. The summed E-state index contributed by atoms with van der Waals surface area (Å²) in [4.78, 5) is 0. The van der Waals surface area contributed by atoms with Crippen LogP contribution in [-0.4, -0.2) is 0 Å². The van der Waals surface area contributed by atoms with E-state index in [9.17, 15) is 0 Å². The first-order chi connectivity index (χ1) is 22.8. The van der Waals surface area contributed by atoms with E-state index in [0.29, 0.717) is 0 Å². The van der Waals surface area contributed by atoms with Crippen molar-refractivity contribution in [2.24, 2.45) is 0 Å². The second-order valence-corrected chi connectivity index (χ2v) is 16.5. The second-order valence-electron chi connectivity index (χ2n) is 11.8. The molecule has 7 aromatic rings. The summed E-state index contributed by atoms with van der Waals surface area (Å²) in [7, 11) is -1.69. The van der Waals surface area contributed by atoms with E-state index in [-0.39, 0.29) is 5.16 Å². The maximum absolute atomic E-state index is 2.54. The molecule has 0 radical (unpaired) electrons. The molecule has 0 bridgehead atoms. The second kappa shape index (κ2) is 12.7. The minimum absolute atomic E-state index is 0.316. The Bertz CT molecular complexity index is 2040. The van der Waals surface area contributed by atoms with Gasteiger partial charge in [-0.15, -0.1) is 0 Å². The highest BCUT2D eigenvalue weighted by atomic mass is 31.1. The smallest absolute Gasteiger partial charge is 0.0535 e. The lowest BCUT2D eigenvalue weighted by atomic mass is 9.79. The fraction of sp³-hybridized carbons (Fsp3) is 0.0455. The normalized spacial score (nSPS) is 15.9. The molecule has 8 rings (SSSR count). The summed E-state index contributed by atoms with van der Waals surface area (Å²) in [6.45, 7) is 0. The third-order valence-electron chi connectivity index (χ3n) is 9.13. The Labute approximate surface area is 274 Å². The van der Waals surface area contributed by atoms with E-state index < -0.39 is 15.8 Å². The Morgan fingerprint density at radius 3 is 1.46 bits per heavy atom. The van der Waals surface area contributed by atoms with E-state index in [1.54, 1.807) is 0 Å². The van der Waals surface area contributed by atoms with Gasteiger partial charge in [0.05, 0.1) is 5.16 Å². The van der Waals surface area contributed by atoms with Crippen LogP contribution in [0.2, 0.25) is 0 Å². The molecule has 0 fully saturated rings. The monoisotopic (exact) mass is 624 g/mol. The summed E-state index contributed by atoms with van der Waals surface area (Å²) in [6.07, 6.45) is 3.47. The van der Waals surface area contributed by atoms with Gasteiger partial charge < -0.3 is 0 Å². The van der Waals surface area contributed by atoms with Gasteiger partial charge in [0.15, 0.2) is 0 Å². The molecule has 0 saturated carbocycles. The van der Waals surface area contributed by atoms with Crippen LogP contribution in [0.1, 0.15) is 23.1 Å². The molecule has 220 valence electrons. The molecule has 0 heterocycles. The zero-order chi connectivity index (χ0) is 30.8. The third-order valence-corrected chi connectivity index (χ3v) is 14.7. The highest BCUT2D eigenvalue weighted by molar-refractivity contribution is 7.77. The quantitative estimate of drug-likeness (QED) is 0.155.